The van der Waals surface area contributed by atoms with Crippen LogP contribution in [0.3, 0.4) is 0 Å². The lowest BCUT2D eigenvalue weighted by Crippen LogP contribution is -2.47. The number of ether oxygens (including phenoxy) is 1. The van der Waals surface area contributed by atoms with Crippen LogP contribution < -0.4 is 10.6 Å². The number of halogens is 1. The first-order valence-corrected chi connectivity index (χ1v) is 9.57. The zero-order valence-electron chi connectivity index (χ0n) is 15.5. The lowest BCUT2D eigenvalue weighted by atomic mass is 9.74. The second-order valence-electron chi connectivity index (χ2n) is 7.10. The standard InChI is InChI=1S/C22H27FN2O2/c23-20-10-8-19(9-11-20)22(12-15-27-16-13-22)17-25-21(26)24-14-4-7-18-5-2-1-3-6-18/h1-3,5-6,8-11H,4,7,12-17H2,(H2,24,25,26). The molecule has 2 N–H and O–H groups in total. The molecule has 0 aromatic heterocycles. The quantitative estimate of drug-likeness (QED) is 0.728. The van der Waals surface area contributed by atoms with Crippen LogP contribution in [0.4, 0.5) is 9.18 Å². The largest absolute Gasteiger partial charge is 0.381 e. The molecule has 27 heavy (non-hydrogen) atoms. The molecule has 5 heteroatoms. The van der Waals surface area contributed by atoms with Crippen LogP contribution in [0.15, 0.2) is 54.6 Å². The molecule has 0 spiro atoms. The molecule has 3 rings (SSSR count). The number of rotatable bonds is 7. The first-order chi connectivity index (χ1) is 13.2. The van der Waals surface area contributed by atoms with E-state index in [2.05, 4.69) is 22.8 Å². The van der Waals surface area contributed by atoms with Crippen molar-refractivity contribution in [3.63, 3.8) is 0 Å². The van der Waals surface area contributed by atoms with E-state index >= 15 is 0 Å². The Labute approximate surface area is 160 Å². The topological polar surface area (TPSA) is 50.4 Å². The summed E-state index contributed by atoms with van der Waals surface area (Å²) in [5.41, 5.74) is 2.13. The fourth-order valence-electron chi connectivity index (χ4n) is 3.58. The van der Waals surface area contributed by atoms with Gasteiger partial charge in [0.1, 0.15) is 5.82 Å². The Morgan fingerprint density at radius 1 is 1.00 bits per heavy atom. The van der Waals surface area contributed by atoms with Gasteiger partial charge in [-0.25, -0.2) is 9.18 Å². The fraction of sp³-hybridized carbons (Fsp3) is 0.409. The summed E-state index contributed by atoms with van der Waals surface area (Å²) >= 11 is 0. The molecule has 4 nitrogen and oxygen atoms in total. The number of hydrogen-bond donors (Lipinski definition) is 2. The van der Waals surface area contributed by atoms with Crippen molar-refractivity contribution in [3.8, 4) is 0 Å². The second-order valence-corrected chi connectivity index (χ2v) is 7.10. The molecule has 0 saturated carbocycles. The van der Waals surface area contributed by atoms with Gasteiger partial charge in [-0.2, -0.15) is 0 Å². The average molecular weight is 370 g/mol. The Balaban J connectivity index is 1.48. The van der Waals surface area contributed by atoms with Crippen LogP contribution in [0, 0.1) is 5.82 Å². The van der Waals surface area contributed by atoms with E-state index in [0.717, 1.165) is 31.2 Å². The van der Waals surface area contributed by atoms with Gasteiger partial charge in [0.25, 0.3) is 0 Å². The van der Waals surface area contributed by atoms with E-state index in [1.54, 1.807) is 0 Å². The molecule has 144 valence electrons. The van der Waals surface area contributed by atoms with Gasteiger partial charge in [-0.3, -0.25) is 0 Å². The maximum atomic E-state index is 13.3. The number of benzene rings is 2. The Kier molecular flexibility index (Phi) is 6.82. The second kappa shape index (κ2) is 9.51. The summed E-state index contributed by atoms with van der Waals surface area (Å²) in [5, 5.41) is 5.93. The molecule has 1 saturated heterocycles. The Morgan fingerprint density at radius 3 is 2.41 bits per heavy atom. The number of carbonyl (C=O) groups excluding carboxylic acids is 1. The van der Waals surface area contributed by atoms with Gasteiger partial charge in [0.05, 0.1) is 0 Å². The van der Waals surface area contributed by atoms with E-state index in [-0.39, 0.29) is 17.3 Å². The van der Waals surface area contributed by atoms with Crippen LogP contribution >= 0.6 is 0 Å². The van der Waals surface area contributed by atoms with Crippen LogP contribution in [-0.4, -0.2) is 32.3 Å². The van der Waals surface area contributed by atoms with Gasteiger partial charge in [0.2, 0.25) is 0 Å². The fourth-order valence-corrected chi connectivity index (χ4v) is 3.58. The van der Waals surface area contributed by atoms with E-state index in [4.69, 9.17) is 4.74 Å². The number of carbonyl (C=O) groups is 1. The molecule has 1 heterocycles. The molecular weight excluding hydrogens is 343 g/mol. The van der Waals surface area contributed by atoms with Gasteiger partial charge in [-0.15, -0.1) is 0 Å². The van der Waals surface area contributed by atoms with E-state index in [1.165, 1.54) is 17.7 Å². The van der Waals surface area contributed by atoms with Crippen LogP contribution in [-0.2, 0) is 16.6 Å². The van der Waals surface area contributed by atoms with Crippen molar-refractivity contribution in [2.24, 2.45) is 0 Å². The van der Waals surface area contributed by atoms with E-state index in [1.807, 2.05) is 30.3 Å². The lowest BCUT2D eigenvalue weighted by molar-refractivity contribution is 0.0506. The number of hydrogen-bond acceptors (Lipinski definition) is 2. The van der Waals surface area contributed by atoms with Crippen LogP contribution in [0.25, 0.3) is 0 Å². The Morgan fingerprint density at radius 2 is 1.70 bits per heavy atom. The highest BCUT2D eigenvalue weighted by Crippen LogP contribution is 2.34. The van der Waals surface area contributed by atoms with Gasteiger partial charge in [0, 0.05) is 31.7 Å². The van der Waals surface area contributed by atoms with Gasteiger partial charge in [-0.1, -0.05) is 42.5 Å². The molecule has 2 amide bonds. The third-order valence-corrected chi connectivity index (χ3v) is 5.26. The van der Waals surface area contributed by atoms with Crippen LogP contribution in [0.2, 0.25) is 0 Å². The molecule has 1 aliphatic rings. The predicted octanol–water partition coefficient (Wildman–Crippen LogP) is 3.81. The summed E-state index contributed by atoms with van der Waals surface area (Å²) in [7, 11) is 0. The van der Waals surface area contributed by atoms with Crippen molar-refractivity contribution in [3.05, 3.63) is 71.5 Å². The number of amides is 2. The third-order valence-electron chi connectivity index (χ3n) is 5.26. The van der Waals surface area contributed by atoms with E-state index < -0.39 is 0 Å². The molecule has 0 bridgehead atoms. The molecule has 2 aromatic carbocycles. The highest BCUT2D eigenvalue weighted by Gasteiger charge is 2.34. The smallest absolute Gasteiger partial charge is 0.314 e. The minimum atomic E-state index is -0.245. The van der Waals surface area contributed by atoms with Crippen LogP contribution in [0.5, 0.6) is 0 Å². The molecule has 0 unspecified atom stereocenters. The molecule has 0 aliphatic carbocycles. The maximum Gasteiger partial charge on any atom is 0.314 e. The van der Waals surface area contributed by atoms with Crippen molar-refractivity contribution >= 4 is 6.03 Å². The number of nitrogens with one attached hydrogen (secondary N) is 2. The summed E-state index contributed by atoms with van der Waals surface area (Å²) in [6.07, 6.45) is 3.46. The maximum absolute atomic E-state index is 13.3. The van der Waals surface area contributed by atoms with Gasteiger partial charge < -0.3 is 15.4 Å². The SMILES string of the molecule is O=C(NCCCc1ccccc1)NCC1(c2ccc(F)cc2)CCOCC1. The molecular formula is C22H27FN2O2. The van der Waals surface area contributed by atoms with Crippen molar-refractivity contribution in [2.45, 2.75) is 31.1 Å². The summed E-state index contributed by atoms with van der Waals surface area (Å²) in [5.74, 6) is -0.245. The normalized spacial score (nSPS) is 15.9. The van der Waals surface area contributed by atoms with Crippen molar-refractivity contribution in [1.29, 1.82) is 0 Å². The Bertz CT molecular complexity index is 713. The minimum absolute atomic E-state index is 0.156. The summed E-state index contributed by atoms with van der Waals surface area (Å²) in [4.78, 5) is 12.2. The predicted molar refractivity (Wildman–Crippen MR) is 104 cm³/mol. The van der Waals surface area contributed by atoms with Crippen molar-refractivity contribution < 1.29 is 13.9 Å². The highest BCUT2D eigenvalue weighted by atomic mass is 19.1. The van der Waals surface area contributed by atoms with Gasteiger partial charge >= 0.3 is 6.03 Å². The number of urea groups is 1. The monoisotopic (exact) mass is 370 g/mol. The molecule has 1 fully saturated rings. The molecule has 2 aromatic rings. The van der Waals surface area contributed by atoms with Crippen LogP contribution in [0.1, 0.15) is 30.4 Å². The molecule has 1 aliphatic heterocycles. The number of aryl methyl sites for hydroxylation is 1. The molecule has 0 radical (unpaired) electrons. The summed E-state index contributed by atoms with van der Waals surface area (Å²) < 4.78 is 18.8. The average Bonchev–Trinajstić information content (AvgIpc) is 2.72. The first-order valence-electron chi connectivity index (χ1n) is 9.57. The van der Waals surface area contributed by atoms with E-state index in [0.29, 0.717) is 26.3 Å². The summed E-state index contributed by atoms with van der Waals surface area (Å²) in [6.45, 7) is 2.45. The zero-order valence-corrected chi connectivity index (χ0v) is 15.5. The Hall–Kier alpha value is -2.40. The van der Waals surface area contributed by atoms with E-state index in [9.17, 15) is 9.18 Å². The first kappa shape index (κ1) is 19.4. The van der Waals surface area contributed by atoms with Crippen molar-refractivity contribution in [1.82, 2.24) is 10.6 Å². The molecule has 0 atom stereocenters. The van der Waals surface area contributed by atoms with Crippen molar-refractivity contribution in [2.75, 3.05) is 26.3 Å². The third kappa shape index (κ3) is 5.54. The van der Waals surface area contributed by atoms with Gasteiger partial charge in [-0.05, 0) is 48.9 Å². The minimum Gasteiger partial charge on any atom is -0.381 e. The lowest BCUT2D eigenvalue weighted by Gasteiger charge is -2.38. The zero-order chi connectivity index (χ0) is 19.0. The summed E-state index contributed by atoms with van der Waals surface area (Å²) in [6, 6.07) is 16.7. The van der Waals surface area contributed by atoms with Gasteiger partial charge in [0.15, 0.2) is 0 Å². The highest BCUT2D eigenvalue weighted by molar-refractivity contribution is 5.73.